The van der Waals surface area contributed by atoms with Gasteiger partial charge in [0.05, 0.1) is 0 Å². The van der Waals surface area contributed by atoms with Gasteiger partial charge in [0.2, 0.25) is 0 Å². The maximum atomic E-state index is 6.02. The van der Waals surface area contributed by atoms with Gasteiger partial charge in [-0.2, -0.15) is 0 Å². The number of thiophene rings is 7. The minimum atomic E-state index is 0.451. The molecule has 85 heavy (non-hydrogen) atoms. The highest BCUT2D eigenvalue weighted by atomic mass is 32.1. The molecule has 440 valence electrons. The number of aryl methyl sites for hydroxylation is 3. The van der Waals surface area contributed by atoms with Crippen molar-refractivity contribution in [1.29, 1.82) is 0 Å². The number of hydrogen-bond acceptors (Lipinski definition) is 8. The fraction of sp³-hybridized carbons (Fsp3) is 0.338. The third-order valence-electron chi connectivity index (χ3n) is 16.3. The smallest absolute Gasteiger partial charge is 0.0481 e. The lowest BCUT2D eigenvalue weighted by Gasteiger charge is -2.11. The van der Waals surface area contributed by atoms with Crippen LogP contribution in [0.5, 0.6) is 0 Å². The Morgan fingerprint density at radius 1 is 0.353 bits per heavy atom. The molecule has 0 aliphatic rings. The monoisotopic (exact) mass is 1260 g/mol. The summed E-state index contributed by atoms with van der Waals surface area (Å²) in [7, 11) is 0. The molecule has 0 bridgehead atoms. The predicted octanol–water partition coefficient (Wildman–Crippen LogP) is 27.8. The van der Waals surface area contributed by atoms with E-state index in [1.165, 1.54) is 229 Å². The summed E-state index contributed by atoms with van der Waals surface area (Å²) in [6, 6.07) is 53.2. The molecule has 0 radical (unpaired) electrons. The van der Waals surface area contributed by atoms with E-state index < -0.39 is 0 Å². The Morgan fingerprint density at radius 3 is 1.15 bits per heavy atom. The fourth-order valence-corrected chi connectivity index (χ4v) is 19.6. The van der Waals surface area contributed by atoms with Crippen molar-refractivity contribution in [3.05, 3.63) is 189 Å². The van der Waals surface area contributed by atoms with E-state index in [9.17, 15) is 0 Å². The summed E-state index contributed by atoms with van der Waals surface area (Å²) in [5.74, 6) is 0.451. The average molecular weight is 1270 g/mol. The molecule has 3 aromatic carbocycles. The lowest BCUT2D eigenvalue weighted by molar-refractivity contribution is 0.583. The Morgan fingerprint density at radius 2 is 0.718 bits per heavy atom. The van der Waals surface area contributed by atoms with Gasteiger partial charge in [0.25, 0.3) is 0 Å². The van der Waals surface area contributed by atoms with Gasteiger partial charge in [0, 0.05) is 68.3 Å². The number of benzene rings is 3. The van der Waals surface area contributed by atoms with Crippen LogP contribution in [0.3, 0.4) is 0 Å². The summed E-state index contributed by atoms with van der Waals surface area (Å²) in [4.78, 5) is 19.1. The van der Waals surface area contributed by atoms with Gasteiger partial charge in [0.1, 0.15) is 0 Å². The Kier molecular flexibility index (Phi) is 24.1. The molecule has 10 aromatic rings. The summed E-state index contributed by atoms with van der Waals surface area (Å²) < 4.78 is 0. The standard InChI is InChI=1S/C77H84S8/c1-6-10-14-18-22-54(5)74(78)68-46-42-64(80-68)65-44-48-70(82-65)76-62(24-20-16-12-8-3)52-72(84-76)59-38-34-57(35-39-59)32-30-55-26-28-56(29-27-55)31-33-58-36-40-60(41-37-58)73-53-63(25-21-17-13-9-4)77(85-73)71-49-45-67(83-71)66-43-47-69(81-66)75-61(50-51-79-75)23-19-15-11-7-2/h26-54H,6-25H2,1-5H3/b32-30+,33-31+. The maximum absolute atomic E-state index is 6.02. The molecule has 0 aliphatic carbocycles. The van der Waals surface area contributed by atoms with Crippen LogP contribution in [-0.2, 0) is 19.3 Å². The van der Waals surface area contributed by atoms with Crippen molar-refractivity contribution in [2.24, 2.45) is 5.92 Å². The first-order chi connectivity index (χ1) is 41.8. The molecule has 10 rings (SSSR count). The van der Waals surface area contributed by atoms with Gasteiger partial charge in [-0.1, -0.05) is 227 Å². The minimum absolute atomic E-state index is 0.451. The topological polar surface area (TPSA) is 0 Å². The van der Waals surface area contributed by atoms with E-state index in [2.05, 4.69) is 204 Å². The number of thiocarbonyl (C=S) groups is 1. The van der Waals surface area contributed by atoms with E-state index in [-0.39, 0.29) is 0 Å². The first-order valence-electron chi connectivity index (χ1n) is 31.7. The molecule has 0 N–H and O–H groups in total. The van der Waals surface area contributed by atoms with E-state index in [0.29, 0.717) is 5.92 Å². The van der Waals surface area contributed by atoms with E-state index >= 15 is 0 Å². The van der Waals surface area contributed by atoms with Gasteiger partial charge in [-0.25, -0.2) is 0 Å². The van der Waals surface area contributed by atoms with Crippen molar-refractivity contribution < 1.29 is 0 Å². The second-order valence-electron chi connectivity index (χ2n) is 23.0. The summed E-state index contributed by atoms with van der Waals surface area (Å²) in [6.45, 7) is 11.5. The first-order valence-corrected chi connectivity index (χ1v) is 37.9. The highest BCUT2D eigenvalue weighted by Gasteiger charge is 2.20. The zero-order valence-corrected chi connectivity index (χ0v) is 57.2. The zero-order valence-electron chi connectivity index (χ0n) is 50.7. The zero-order chi connectivity index (χ0) is 58.7. The lowest BCUT2D eigenvalue weighted by Crippen LogP contribution is -2.08. The van der Waals surface area contributed by atoms with Gasteiger partial charge in [-0.15, -0.1) is 79.4 Å². The summed E-state index contributed by atoms with van der Waals surface area (Å²) in [5.41, 5.74) is 11.9. The Labute approximate surface area is 543 Å². The van der Waals surface area contributed by atoms with E-state index in [0.717, 1.165) is 17.7 Å². The number of hydrogen-bond donors (Lipinski definition) is 0. The second-order valence-corrected chi connectivity index (χ2v) is 30.8. The molecule has 0 nitrogen and oxygen atoms in total. The molecule has 0 saturated carbocycles. The predicted molar refractivity (Wildman–Crippen MR) is 394 cm³/mol. The van der Waals surface area contributed by atoms with Crippen molar-refractivity contribution in [1.82, 2.24) is 0 Å². The van der Waals surface area contributed by atoms with Crippen LogP contribution >= 0.6 is 91.6 Å². The fourth-order valence-electron chi connectivity index (χ4n) is 11.2. The van der Waals surface area contributed by atoms with Gasteiger partial charge in [0.15, 0.2) is 0 Å². The quantitative estimate of drug-likeness (QED) is 0.0171. The minimum Gasteiger partial charge on any atom is -0.143 e. The molecule has 0 saturated heterocycles. The van der Waals surface area contributed by atoms with Crippen LogP contribution in [0.2, 0.25) is 0 Å². The molecule has 7 aromatic heterocycles. The van der Waals surface area contributed by atoms with Crippen LogP contribution in [0.1, 0.15) is 188 Å². The summed E-state index contributed by atoms with van der Waals surface area (Å²) in [6.07, 6.45) is 34.1. The van der Waals surface area contributed by atoms with E-state index in [1.807, 2.05) is 79.4 Å². The van der Waals surface area contributed by atoms with Crippen LogP contribution in [-0.4, -0.2) is 4.86 Å². The lowest BCUT2D eigenvalue weighted by atomic mass is 9.98. The van der Waals surface area contributed by atoms with Crippen LogP contribution in [0.15, 0.2) is 145 Å². The largest absolute Gasteiger partial charge is 0.143 e. The van der Waals surface area contributed by atoms with Gasteiger partial charge in [-0.05, 0) is 173 Å². The molecular formula is C77H84S8. The number of unbranched alkanes of at least 4 members (excludes halogenated alkanes) is 12. The third kappa shape index (κ3) is 17.3. The first kappa shape index (κ1) is 63.2. The van der Waals surface area contributed by atoms with Crippen LogP contribution in [0, 0.1) is 5.92 Å². The van der Waals surface area contributed by atoms with Gasteiger partial charge in [-0.3, -0.25) is 0 Å². The highest BCUT2D eigenvalue weighted by molar-refractivity contribution is 7.81. The van der Waals surface area contributed by atoms with E-state index in [1.54, 1.807) is 0 Å². The molecule has 1 unspecified atom stereocenters. The molecule has 0 amide bonds. The van der Waals surface area contributed by atoms with Crippen LogP contribution < -0.4 is 0 Å². The third-order valence-corrected chi connectivity index (χ3v) is 25.8. The van der Waals surface area contributed by atoms with Gasteiger partial charge < -0.3 is 0 Å². The molecule has 7 heterocycles. The average Bonchev–Trinajstić information content (AvgIpc) is 4.41. The molecule has 8 heteroatoms. The number of rotatable bonds is 33. The van der Waals surface area contributed by atoms with Crippen molar-refractivity contribution in [2.75, 3.05) is 0 Å². The van der Waals surface area contributed by atoms with Crippen molar-refractivity contribution >= 4 is 121 Å². The molecule has 0 spiro atoms. The normalized spacial score (nSPS) is 12.2. The van der Waals surface area contributed by atoms with Crippen LogP contribution in [0.4, 0.5) is 0 Å². The highest BCUT2D eigenvalue weighted by Crippen LogP contribution is 2.48. The molecule has 0 aliphatic heterocycles. The molecule has 0 fully saturated rings. The maximum Gasteiger partial charge on any atom is 0.0481 e. The summed E-state index contributed by atoms with van der Waals surface area (Å²) in [5, 5.41) is 2.28. The summed E-state index contributed by atoms with van der Waals surface area (Å²) >= 11 is 19.6. The second kappa shape index (κ2) is 32.4. The molecule has 1 atom stereocenters. The Balaban J connectivity index is 0.759. The van der Waals surface area contributed by atoms with E-state index in [4.69, 9.17) is 12.2 Å². The SMILES string of the molecule is CCCCCCc1ccsc1-c1ccc(-c2ccc(-c3sc(-c4ccc(/C=C/c5ccc(/C=C/c6ccc(-c7cc(CCCCCC)c(-c8ccc(-c9ccc(C(=S)C(C)CCCCCC)s9)s8)s7)cc6)cc5)cc4)cc3CCCCCC)s2)s1. The van der Waals surface area contributed by atoms with Crippen molar-refractivity contribution in [3.63, 3.8) is 0 Å². The van der Waals surface area contributed by atoms with Gasteiger partial charge >= 0.3 is 0 Å². The van der Waals surface area contributed by atoms with Crippen molar-refractivity contribution in [3.8, 4) is 69.7 Å². The molecular weight excluding hydrogens is 1180 g/mol. The van der Waals surface area contributed by atoms with Crippen molar-refractivity contribution in [2.45, 2.75) is 163 Å². The Hall–Kier alpha value is -4.87. The Bertz CT molecular complexity index is 3700. The van der Waals surface area contributed by atoms with Crippen LogP contribution in [0.25, 0.3) is 94.0 Å².